The van der Waals surface area contributed by atoms with Gasteiger partial charge >= 0.3 is 0 Å². The molecule has 0 aliphatic carbocycles. The molecule has 3 aromatic carbocycles. The van der Waals surface area contributed by atoms with Gasteiger partial charge in [0.1, 0.15) is 0 Å². The van der Waals surface area contributed by atoms with Crippen LogP contribution in [-0.4, -0.2) is 28.2 Å². The van der Waals surface area contributed by atoms with Gasteiger partial charge in [0.05, 0.1) is 0 Å². The molecule has 0 aliphatic rings. The lowest BCUT2D eigenvalue weighted by Crippen LogP contribution is -2.10. The van der Waals surface area contributed by atoms with E-state index in [1.165, 1.54) is 28.1 Å². The molecule has 2 nitrogen and oxygen atoms in total. The molecule has 0 aromatic heterocycles. The first kappa shape index (κ1) is 17.1. The molecule has 25 heavy (non-hydrogen) atoms. The molecule has 0 heterocycles. The molecule has 0 saturated heterocycles. The molecule has 0 fully saturated rings. The second-order valence-electron chi connectivity index (χ2n) is 6.82. The van der Waals surface area contributed by atoms with Gasteiger partial charge in [-0.2, -0.15) is 0 Å². The summed E-state index contributed by atoms with van der Waals surface area (Å²) in [7, 11) is 8.29. The first-order valence-corrected chi connectivity index (χ1v) is 8.66. The number of benzene rings is 3. The van der Waals surface area contributed by atoms with Gasteiger partial charge in [-0.25, -0.2) is 0 Å². The lowest BCUT2D eigenvalue weighted by Gasteiger charge is -2.21. The summed E-state index contributed by atoms with van der Waals surface area (Å²) in [6.07, 6.45) is 0. The fraction of sp³-hybridized carbons (Fsp3) is 0.217. The third-order valence-corrected chi connectivity index (χ3v) is 4.62. The van der Waals surface area contributed by atoms with Crippen LogP contribution in [0.1, 0.15) is 22.6 Å². The molecule has 0 bridgehead atoms. The molecule has 128 valence electrons. The fourth-order valence-electron chi connectivity index (χ4n) is 3.15. The van der Waals surface area contributed by atoms with E-state index in [-0.39, 0.29) is 5.92 Å². The second-order valence-corrected chi connectivity index (χ2v) is 6.82. The standard InChI is InChI=1S/C23H26N2/c1-24(2)21-14-10-19(11-15-21)23(18-8-6-5-7-9-18)20-12-16-22(17-13-20)25(3)4/h5-17,23H,1-4H3/i24+1,25+1. The second kappa shape index (κ2) is 7.43. The van der Waals surface area contributed by atoms with E-state index >= 15 is 0 Å². The summed E-state index contributed by atoms with van der Waals surface area (Å²) >= 11 is 0. The van der Waals surface area contributed by atoms with Crippen LogP contribution in [0.15, 0.2) is 78.9 Å². The third-order valence-electron chi connectivity index (χ3n) is 4.62. The highest BCUT2D eigenvalue weighted by atomic mass is 15.8. The van der Waals surface area contributed by atoms with Crippen molar-refractivity contribution in [2.45, 2.75) is 5.92 Å². The van der Waals surface area contributed by atoms with E-state index in [1.807, 2.05) is 0 Å². The first-order chi connectivity index (χ1) is 12.1. The molecule has 3 rings (SSSR count). The van der Waals surface area contributed by atoms with Crippen molar-refractivity contribution in [2.75, 3.05) is 38.0 Å². The van der Waals surface area contributed by atoms with Gasteiger partial charge in [0.15, 0.2) is 0 Å². The number of hydrogen-bond donors (Lipinski definition) is 0. The number of hydrogen-bond acceptors (Lipinski definition) is 2. The van der Waals surface area contributed by atoms with Crippen molar-refractivity contribution in [1.29, 1.82) is 0 Å². The van der Waals surface area contributed by atoms with Crippen LogP contribution in [0.2, 0.25) is 0 Å². The minimum absolute atomic E-state index is 0.244. The Bertz CT molecular complexity index is 736. The average molecular weight is 332 g/mol. The summed E-state index contributed by atoms with van der Waals surface area (Å²) < 4.78 is 0. The maximum Gasteiger partial charge on any atom is 0.0361 e. The lowest BCUT2D eigenvalue weighted by atomic mass is 9.85. The van der Waals surface area contributed by atoms with Gasteiger partial charge in [0, 0.05) is 45.5 Å². The molecule has 3 aromatic rings. The Morgan fingerprint density at radius 2 is 0.840 bits per heavy atom. The number of rotatable bonds is 5. The van der Waals surface area contributed by atoms with E-state index < -0.39 is 0 Å². The maximum absolute atomic E-state index is 2.24. The molecule has 0 unspecified atom stereocenters. The third kappa shape index (κ3) is 3.85. The zero-order valence-electron chi connectivity index (χ0n) is 15.5. The highest BCUT2D eigenvalue weighted by Gasteiger charge is 2.16. The Hall–Kier alpha value is -2.74. The molecular weight excluding hydrogens is 306 g/mol. The van der Waals surface area contributed by atoms with Gasteiger partial charge in [0.25, 0.3) is 0 Å². The van der Waals surface area contributed by atoms with Crippen LogP contribution >= 0.6 is 0 Å². The van der Waals surface area contributed by atoms with Gasteiger partial charge in [-0.15, -0.1) is 0 Å². The highest BCUT2D eigenvalue weighted by molar-refractivity contribution is 5.53. The zero-order valence-corrected chi connectivity index (χ0v) is 15.5. The highest BCUT2D eigenvalue weighted by Crippen LogP contribution is 2.33. The van der Waals surface area contributed by atoms with Crippen molar-refractivity contribution >= 4 is 11.4 Å². The van der Waals surface area contributed by atoms with E-state index in [0.29, 0.717) is 0 Å². The summed E-state index contributed by atoms with van der Waals surface area (Å²) in [4.78, 5) is 4.26. The Morgan fingerprint density at radius 3 is 1.20 bits per heavy atom. The van der Waals surface area contributed by atoms with Gasteiger partial charge in [-0.05, 0) is 41.0 Å². The van der Waals surface area contributed by atoms with E-state index in [9.17, 15) is 0 Å². The first-order valence-electron chi connectivity index (χ1n) is 8.66. The quantitative estimate of drug-likeness (QED) is 0.479. The van der Waals surface area contributed by atoms with Gasteiger partial charge < -0.3 is 9.80 Å². The Morgan fingerprint density at radius 1 is 0.480 bits per heavy atom. The topological polar surface area (TPSA) is 6.48 Å². The Balaban J connectivity index is 2.04. The molecular formula is C23H26N2. The van der Waals surface area contributed by atoms with Crippen LogP contribution in [0.4, 0.5) is 11.4 Å². The van der Waals surface area contributed by atoms with Crippen LogP contribution in [0.25, 0.3) is 0 Å². The summed E-state index contributed by atoms with van der Waals surface area (Å²) in [5, 5.41) is 0. The predicted molar refractivity (Wildman–Crippen MR) is 109 cm³/mol. The van der Waals surface area contributed by atoms with Crippen molar-refractivity contribution in [3.63, 3.8) is 0 Å². The average Bonchev–Trinajstić information content (AvgIpc) is 2.64. The molecule has 0 saturated carbocycles. The Kier molecular flexibility index (Phi) is 5.08. The molecule has 0 atom stereocenters. The van der Waals surface area contributed by atoms with E-state index in [0.717, 1.165) is 0 Å². The van der Waals surface area contributed by atoms with Crippen molar-refractivity contribution in [2.24, 2.45) is 0 Å². The Labute approximate surface area is 151 Å². The van der Waals surface area contributed by atoms with Gasteiger partial charge in [0.2, 0.25) is 0 Å². The minimum atomic E-state index is 0.244. The van der Waals surface area contributed by atoms with Crippen molar-refractivity contribution in [1.82, 2.24) is 0 Å². The number of nitrogens with zero attached hydrogens (tertiary/aromatic N) is 2. The van der Waals surface area contributed by atoms with Gasteiger partial charge in [-0.3, -0.25) is 0 Å². The molecule has 0 N–H and O–H groups in total. The fourth-order valence-corrected chi connectivity index (χ4v) is 3.15. The molecule has 0 amide bonds. The van der Waals surface area contributed by atoms with E-state index in [4.69, 9.17) is 0 Å². The van der Waals surface area contributed by atoms with Crippen LogP contribution in [0.5, 0.6) is 0 Å². The number of anilines is 2. The van der Waals surface area contributed by atoms with E-state index in [2.05, 4.69) is 117 Å². The van der Waals surface area contributed by atoms with Crippen LogP contribution in [0.3, 0.4) is 0 Å². The summed E-state index contributed by atoms with van der Waals surface area (Å²) in [5.74, 6) is 0.244. The summed E-state index contributed by atoms with van der Waals surface area (Å²) in [5.41, 5.74) is 6.39. The smallest absolute Gasteiger partial charge is 0.0361 e. The molecule has 0 spiro atoms. The maximum atomic E-state index is 2.24. The molecule has 0 radical (unpaired) electrons. The van der Waals surface area contributed by atoms with Crippen LogP contribution in [0, 0.1) is 0 Å². The van der Waals surface area contributed by atoms with Crippen molar-refractivity contribution in [3.8, 4) is 0 Å². The van der Waals surface area contributed by atoms with E-state index in [1.54, 1.807) is 0 Å². The molecule has 0 aliphatic heterocycles. The SMILES string of the molecule is C[15N](C)c1ccc(C(c2ccccc2)c2ccc([15N](C)C)cc2)cc1. The van der Waals surface area contributed by atoms with Crippen LogP contribution in [-0.2, 0) is 0 Å². The largest absolute Gasteiger partial charge is 0.378 e. The van der Waals surface area contributed by atoms with Crippen LogP contribution < -0.4 is 9.80 Å². The normalized spacial score (nSPS) is 10.8. The molecule has 2 heteroatoms. The van der Waals surface area contributed by atoms with Crippen molar-refractivity contribution < 1.29 is 0 Å². The monoisotopic (exact) mass is 332 g/mol. The van der Waals surface area contributed by atoms with Gasteiger partial charge in [-0.1, -0.05) is 54.6 Å². The lowest BCUT2D eigenvalue weighted by molar-refractivity contribution is 0.973. The summed E-state index contributed by atoms with van der Waals surface area (Å²) in [6.45, 7) is 0. The zero-order chi connectivity index (χ0) is 17.8. The minimum Gasteiger partial charge on any atom is -0.378 e. The summed E-state index contributed by atoms with van der Waals surface area (Å²) in [6, 6.07) is 28.5. The van der Waals surface area contributed by atoms with Crippen molar-refractivity contribution in [3.05, 3.63) is 95.6 Å². The predicted octanol–water partition coefficient (Wildman–Crippen LogP) is 5.00.